The van der Waals surface area contributed by atoms with Crippen molar-refractivity contribution in [3.8, 4) is 0 Å². The Bertz CT molecular complexity index is 1100. The Labute approximate surface area is 183 Å². The second kappa shape index (κ2) is 7.78. The van der Waals surface area contributed by atoms with Gasteiger partial charge in [-0.05, 0) is 31.1 Å². The first kappa shape index (κ1) is 21.8. The van der Waals surface area contributed by atoms with Gasteiger partial charge >= 0.3 is 15.2 Å². The van der Waals surface area contributed by atoms with E-state index >= 15 is 0 Å². The van der Waals surface area contributed by atoms with Crippen LogP contribution in [0.4, 0.5) is 5.69 Å². The molecule has 0 aromatic carbocycles. The van der Waals surface area contributed by atoms with Crippen molar-refractivity contribution in [1.29, 1.82) is 0 Å². The molecule has 5 rings (SSSR count). The van der Waals surface area contributed by atoms with Crippen molar-refractivity contribution in [2.24, 2.45) is 11.8 Å². The molecular formula is C17H23ClN4O7P2. The number of ether oxygens (including phenoxy) is 1. The van der Waals surface area contributed by atoms with Gasteiger partial charge in [-0.1, -0.05) is 11.6 Å². The van der Waals surface area contributed by atoms with Crippen LogP contribution in [0.1, 0.15) is 31.2 Å². The SMILES string of the molecule is O=P(O)(O)CP(=O)(O)OC[C@@H]1CC[C@H](c2ncc3c(N4CC5CC5C4)cc(Cl)nn23)O1. The molecule has 0 amide bonds. The van der Waals surface area contributed by atoms with Gasteiger partial charge in [0.2, 0.25) is 0 Å². The first-order chi connectivity index (χ1) is 14.6. The summed E-state index contributed by atoms with van der Waals surface area (Å²) in [4.78, 5) is 34.2. The molecule has 0 radical (unpaired) electrons. The van der Waals surface area contributed by atoms with Gasteiger partial charge in [-0.3, -0.25) is 9.13 Å². The van der Waals surface area contributed by atoms with E-state index in [-0.39, 0.29) is 6.61 Å². The number of rotatable bonds is 7. The third kappa shape index (κ3) is 4.70. The molecular weight excluding hydrogens is 470 g/mol. The van der Waals surface area contributed by atoms with Crippen LogP contribution >= 0.6 is 26.8 Å². The molecule has 3 aliphatic rings. The predicted octanol–water partition coefficient (Wildman–Crippen LogP) is 2.40. The summed E-state index contributed by atoms with van der Waals surface area (Å²) in [5.74, 6) is 0.903. The first-order valence-corrected chi connectivity index (χ1v) is 14.0. The lowest BCUT2D eigenvalue weighted by Gasteiger charge is -2.21. The van der Waals surface area contributed by atoms with Crippen molar-refractivity contribution < 1.29 is 33.1 Å². The summed E-state index contributed by atoms with van der Waals surface area (Å²) in [7, 11) is -9.08. The second-order valence-electron chi connectivity index (χ2n) is 8.49. The third-order valence-corrected chi connectivity index (χ3v) is 9.66. The Hall–Kier alpha value is -1.03. The van der Waals surface area contributed by atoms with Crippen LogP contribution < -0.4 is 4.90 Å². The minimum Gasteiger partial charge on any atom is -0.369 e. The highest BCUT2D eigenvalue weighted by atomic mass is 35.5. The zero-order valence-corrected chi connectivity index (χ0v) is 19.0. The standard InChI is InChI=1S/C17H23ClN4O7P2/c18-16-4-13(21-6-10-3-11(10)7-21)14-5-19-17(22(14)20-16)15-2-1-12(29-15)8-28-31(26,27)9-30(23,24)25/h4-5,10-12,15H,1-3,6-9H2,(H,26,27)(H2,23,24,25)/t10?,11?,12-,15+/m0/s1. The molecule has 11 nitrogen and oxygen atoms in total. The molecule has 3 fully saturated rings. The zero-order valence-electron chi connectivity index (χ0n) is 16.4. The van der Waals surface area contributed by atoms with Crippen molar-refractivity contribution in [2.45, 2.75) is 31.5 Å². The summed E-state index contributed by atoms with van der Waals surface area (Å²) in [5, 5.41) is 4.76. The lowest BCUT2D eigenvalue weighted by atomic mass is 10.2. The van der Waals surface area contributed by atoms with Gasteiger partial charge in [-0.2, -0.15) is 5.10 Å². The third-order valence-electron chi connectivity index (χ3n) is 6.02. The van der Waals surface area contributed by atoms with E-state index in [2.05, 4.69) is 15.0 Å². The fraction of sp³-hybridized carbons (Fsp3) is 0.647. The number of aromatic nitrogens is 3. The summed E-state index contributed by atoms with van der Waals surface area (Å²) in [6.07, 6.45) is 3.29. The average Bonchev–Trinajstić information content (AvgIpc) is 3.07. The number of halogens is 1. The van der Waals surface area contributed by atoms with E-state index < -0.39 is 33.3 Å². The molecule has 0 spiro atoms. The van der Waals surface area contributed by atoms with Crippen molar-refractivity contribution in [3.63, 3.8) is 0 Å². The van der Waals surface area contributed by atoms with Gasteiger partial charge in [0, 0.05) is 19.2 Å². The van der Waals surface area contributed by atoms with Gasteiger partial charge in [0.05, 0.1) is 24.6 Å². The van der Waals surface area contributed by atoms with Gasteiger partial charge in [-0.15, -0.1) is 0 Å². The van der Waals surface area contributed by atoms with E-state index in [1.807, 2.05) is 6.07 Å². The quantitative estimate of drug-likeness (QED) is 0.492. The van der Waals surface area contributed by atoms with E-state index in [1.54, 1.807) is 10.7 Å². The molecule has 14 heteroatoms. The highest BCUT2D eigenvalue weighted by Gasteiger charge is 2.45. The van der Waals surface area contributed by atoms with Crippen molar-refractivity contribution in [1.82, 2.24) is 14.6 Å². The highest BCUT2D eigenvalue weighted by Crippen LogP contribution is 2.55. The van der Waals surface area contributed by atoms with Crippen LogP contribution in [-0.2, 0) is 18.4 Å². The normalized spacial score (nSPS) is 30.0. The fourth-order valence-electron chi connectivity index (χ4n) is 4.51. The van der Waals surface area contributed by atoms with E-state index in [0.29, 0.717) is 23.8 Å². The molecule has 3 unspecified atom stereocenters. The summed E-state index contributed by atoms with van der Waals surface area (Å²) >= 11 is 6.30. The highest BCUT2D eigenvalue weighted by molar-refractivity contribution is 7.70. The monoisotopic (exact) mass is 492 g/mol. The smallest absolute Gasteiger partial charge is 0.340 e. The molecule has 2 aromatic heterocycles. The Morgan fingerprint density at radius 2 is 1.97 bits per heavy atom. The fourth-order valence-corrected chi connectivity index (χ4v) is 7.28. The molecule has 0 bridgehead atoms. The van der Waals surface area contributed by atoms with Crippen LogP contribution in [0, 0.1) is 11.8 Å². The summed E-state index contributed by atoms with van der Waals surface area (Å²) < 4.78 is 35.3. The van der Waals surface area contributed by atoms with Crippen LogP contribution in [0.3, 0.4) is 0 Å². The molecule has 2 saturated heterocycles. The number of hydrogen-bond donors (Lipinski definition) is 3. The van der Waals surface area contributed by atoms with Crippen LogP contribution in [-0.4, -0.2) is 61.0 Å². The predicted molar refractivity (Wildman–Crippen MR) is 111 cm³/mol. The number of fused-ring (bicyclic) bond motifs is 2. The zero-order chi connectivity index (χ0) is 22.0. The van der Waals surface area contributed by atoms with E-state index in [4.69, 9.17) is 30.6 Å². The maximum Gasteiger partial charge on any atom is 0.340 e. The Kier molecular flexibility index (Phi) is 5.47. The molecule has 3 N–H and O–H groups in total. The number of hydrogen-bond acceptors (Lipinski definition) is 7. The molecule has 2 aromatic rings. The number of anilines is 1. The summed E-state index contributed by atoms with van der Waals surface area (Å²) in [6.45, 7) is 1.77. The van der Waals surface area contributed by atoms with E-state index in [1.165, 1.54) is 6.42 Å². The summed E-state index contributed by atoms with van der Waals surface area (Å²) in [6, 6.07) is 1.86. The molecule has 2 aliphatic heterocycles. The topological polar surface area (TPSA) is 147 Å². The van der Waals surface area contributed by atoms with E-state index in [0.717, 1.165) is 36.1 Å². The van der Waals surface area contributed by atoms with Crippen LogP contribution in [0.2, 0.25) is 5.15 Å². The van der Waals surface area contributed by atoms with Gasteiger partial charge in [-0.25, -0.2) is 9.50 Å². The van der Waals surface area contributed by atoms with Crippen molar-refractivity contribution in [3.05, 3.63) is 23.2 Å². The van der Waals surface area contributed by atoms with E-state index in [9.17, 15) is 14.0 Å². The van der Waals surface area contributed by atoms with Crippen molar-refractivity contribution >= 4 is 38.0 Å². The van der Waals surface area contributed by atoms with Crippen molar-refractivity contribution in [2.75, 3.05) is 30.5 Å². The lowest BCUT2D eigenvalue weighted by Crippen LogP contribution is -2.23. The number of nitrogens with zero attached hydrogens (tertiary/aromatic N) is 4. The Balaban J connectivity index is 1.29. The summed E-state index contributed by atoms with van der Waals surface area (Å²) in [5.41, 5.74) is 1.85. The molecule has 31 heavy (non-hydrogen) atoms. The Morgan fingerprint density at radius 1 is 1.23 bits per heavy atom. The maximum atomic E-state index is 11.8. The second-order valence-corrected chi connectivity index (χ2v) is 12.9. The minimum atomic E-state index is -4.66. The van der Waals surface area contributed by atoms with Crippen LogP contribution in [0.15, 0.2) is 12.3 Å². The van der Waals surface area contributed by atoms with Gasteiger partial charge < -0.3 is 28.8 Å². The van der Waals surface area contributed by atoms with Gasteiger partial charge in [0.1, 0.15) is 11.6 Å². The van der Waals surface area contributed by atoms with Crippen LogP contribution in [0.5, 0.6) is 0 Å². The first-order valence-electron chi connectivity index (χ1n) is 10.0. The molecule has 4 heterocycles. The maximum absolute atomic E-state index is 11.8. The molecule has 1 saturated carbocycles. The average molecular weight is 493 g/mol. The largest absolute Gasteiger partial charge is 0.369 e. The molecule has 170 valence electrons. The van der Waals surface area contributed by atoms with Gasteiger partial charge in [0.15, 0.2) is 16.9 Å². The molecule has 5 atom stereocenters. The van der Waals surface area contributed by atoms with Crippen LogP contribution in [0.25, 0.3) is 5.52 Å². The number of piperidine rings is 1. The minimum absolute atomic E-state index is 0.246. The lowest BCUT2D eigenvalue weighted by molar-refractivity contribution is 0.0106. The molecule has 1 aliphatic carbocycles. The van der Waals surface area contributed by atoms with Gasteiger partial charge in [0.25, 0.3) is 0 Å². The Morgan fingerprint density at radius 3 is 2.68 bits per heavy atom. The number of imidazole rings is 1.